The number of aromatic nitrogens is 2. The summed E-state index contributed by atoms with van der Waals surface area (Å²) in [6, 6.07) is 2.09. The highest BCUT2D eigenvalue weighted by Crippen LogP contribution is 2.24. The molecule has 1 aliphatic carbocycles. The van der Waals surface area contributed by atoms with Crippen LogP contribution in [0.25, 0.3) is 0 Å². The molecule has 0 radical (unpaired) electrons. The largest absolute Gasteiger partial charge is 0.344 e. The monoisotopic (exact) mass is 322 g/mol. The lowest BCUT2D eigenvalue weighted by Crippen LogP contribution is -2.40. The number of carbonyl (C=O) groups is 1. The zero-order valence-corrected chi connectivity index (χ0v) is 13.4. The molecule has 5 nitrogen and oxygen atoms in total. The summed E-state index contributed by atoms with van der Waals surface area (Å²) in [7, 11) is 1.87. The van der Waals surface area contributed by atoms with Gasteiger partial charge < -0.3 is 10.6 Å². The molecule has 0 bridgehead atoms. The van der Waals surface area contributed by atoms with E-state index in [1.807, 2.05) is 28.9 Å². The molecule has 1 aromatic rings. The number of nitrogens with zero attached hydrogens (tertiary/aromatic N) is 3. The lowest BCUT2D eigenvalue weighted by molar-refractivity contribution is -0.135. The number of likely N-dealkylation sites (N-methyl/N-ethyl adjacent to an activating group) is 1. The molecule has 1 amide bonds. The number of rotatable bonds is 4. The summed E-state index contributed by atoms with van der Waals surface area (Å²) < 4.78 is 1.84. The third-order valence-corrected chi connectivity index (χ3v) is 3.66. The number of carbonyl (C=O) groups excluding carboxylic acids is 1. The van der Waals surface area contributed by atoms with Crippen molar-refractivity contribution in [1.29, 1.82) is 0 Å². The SMILES string of the molecule is CN(CCn1cccn1)C(=O)C1CCCC(N)C1.Cl.Cl. The van der Waals surface area contributed by atoms with Crippen molar-refractivity contribution in [2.75, 3.05) is 13.6 Å². The quantitative estimate of drug-likeness (QED) is 0.917. The number of hydrogen-bond donors (Lipinski definition) is 1. The third kappa shape index (κ3) is 5.31. The van der Waals surface area contributed by atoms with E-state index in [2.05, 4.69) is 5.10 Å². The van der Waals surface area contributed by atoms with Crippen LogP contribution in [0, 0.1) is 5.92 Å². The van der Waals surface area contributed by atoms with Gasteiger partial charge in [0.1, 0.15) is 0 Å². The molecule has 7 heteroatoms. The highest BCUT2D eigenvalue weighted by atomic mass is 35.5. The molecule has 0 aromatic carbocycles. The second kappa shape index (κ2) is 9.21. The molecule has 1 aromatic heterocycles. The molecule has 2 N–H and O–H groups in total. The van der Waals surface area contributed by atoms with Gasteiger partial charge in [-0.25, -0.2) is 0 Å². The molecule has 1 aliphatic rings. The normalized spacial score (nSPS) is 21.5. The van der Waals surface area contributed by atoms with Gasteiger partial charge in [0.05, 0.1) is 6.54 Å². The number of nitrogens with two attached hydrogens (primary N) is 1. The fraction of sp³-hybridized carbons (Fsp3) is 0.692. The fourth-order valence-electron chi connectivity index (χ4n) is 2.56. The van der Waals surface area contributed by atoms with Crippen molar-refractivity contribution in [3.05, 3.63) is 18.5 Å². The Balaban J connectivity index is 0.00000180. The molecular weight excluding hydrogens is 299 g/mol. The minimum atomic E-state index is 0. The van der Waals surface area contributed by atoms with Crippen LogP contribution in [-0.2, 0) is 11.3 Å². The topological polar surface area (TPSA) is 64.2 Å². The summed E-state index contributed by atoms with van der Waals surface area (Å²) in [6.07, 6.45) is 7.62. The molecule has 2 rings (SSSR count). The molecule has 1 fully saturated rings. The molecule has 116 valence electrons. The van der Waals surface area contributed by atoms with Gasteiger partial charge >= 0.3 is 0 Å². The van der Waals surface area contributed by atoms with E-state index in [0.717, 1.165) is 32.2 Å². The van der Waals surface area contributed by atoms with Gasteiger partial charge in [-0.1, -0.05) is 6.42 Å². The van der Waals surface area contributed by atoms with Gasteiger partial charge in [0.2, 0.25) is 5.91 Å². The van der Waals surface area contributed by atoms with E-state index in [1.165, 1.54) is 0 Å². The Bertz CT molecular complexity index is 386. The van der Waals surface area contributed by atoms with E-state index in [4.69, 9.17) is 5.73 Å². The van der Waals surface area contributed by atoms with Gasteiger partial charge in [-0.3, -0.25) is 9.48 Å². The average molecular weight is 323 g/mol. The maximum Gasteiger partial charge on any atom is 0.225 e. The van der Waals surface area contributed by atoms with E-state index in [1.54, 1.807) is 6.20 Å². The Kier molecular flexibility index (Phi) is 8.85. The molecule has 1 saturated carbocycles. The molecular formula is C13H24Cl2N4O. The first kappa shape index (κ1) is 19.2. The number of halogens is 2. The Hall–Kier alpha value is -0.780. The van der Waals surface area contributed by atoms with Crippen LogP contribution < -0.4 is 5.73 Å². The summed E-state index contributed by atoms with van der Waals surface area (Å²) in [6.45, 7) is 1.44. The van der Waals surface area contributed by atoms with E-state index in [9.17, 15) is 4.79 Å². The molecule has 0 saturated heterocycles. The second-order valence-electron chi connectivity index (χ2n) is 5.15. The summed E-state index contributed by atoms with van der Waals surface area (Å²) >= 11 is 0. The van der Waals surface area contributed by atoms with E-state index in [-0.39, 0.29) is 42.7 Å². The van der Waals surface area contributed by atoms with Crippen LogP contribution in [0.2, 0.25) is 0 Å². The van der Waals surface area contributed by atoms with Crippen LogP contribution in [0.5, 0.6) is 0 Å². The summed E-state index contributed by atoms with van der Waals surface area (Å²) in [5, 5.41) is 4.13. The predicted octanol–water partition coefficient (Wildman–Crippen LogP) is 1.70. The van der Waals surface area contributed by atoms with Crippen LogP contribution in [0.1, 0.15) is 25.7 Å². The Morgan fingerprint density at radius 3 is 2.80 bits per heavy atom. The highest BCUT2D eigenvalue weighted by Gasteiger charge is 2.27. The standard InChI is InChI=1S/C13H22N4O.2ClH/c1-16(8-9-17-7-3-6-15-17)13(18)11-4-2-5-12(14)10-11;;/h3,6-7,11-12H,2,4-5,8-10,14H2,1H3;2*1H. The van der Waals surface area contributed by atoms with E-state index < -0.39 is 0 Å². The smallest absolute Gasteiger partial charge is 0.225 e. The lowest BCUT2D eigenvalue weighted by atomic mass is 9.85. The van der Waals surface area contributed by atoms with Crippen molar-refractivity contribution < 1.29 is 4.79 Å². The summed E-state index contributed by atoms with van der Waals surface area (Å²) in [4.78, 5) is 14.1. The predicted molar refractivity (Wildman–Crippen MR) is 84.3 cm³/mol. The maximum atomic E-state index is 12.2. The molecule has 0 spiro atoms. The van der Waals surface area contributed by atoms with E-state index >= 15 is 0 Å². The van der Waals surface area contributed by atoms with Crippen molar-refractivity contribution >= 4 is 30.7 Å². The van der Waals surface area contributed by atoms with Crippen LogP contribution in [0.4, 0.5) is 0 Å². The Morgan fingerprint density at radius 1 is 1.45 bits per heavy atom. The van der Waals surface area contributed by atoms with Gasteiger partial charge in [0, 0.05) is 37.9 Å². The first-order valence-electron chi connectivity index (χ1n) is 6.65. The van der Waals surface area contributed by atoms with Gasteiger partial charge in [-0.15, -0.1) is 24.8 Å². The number of hydrogen-bond acceptors (Lipinski definition) is 3. The molecule has 1 heterocycles. The average Bonchev–Trinajstić information content (AvgIpc) is 2.88. The zero-order chi connectivity index (χ0) is 13.0. The minimum absolute atomic E-state index is 0. The summed E-state index contributed by atoms with van der Waals surface area (Å²) in [5.41, 5.74) is 5.93. The van der Waals surface area contributed by atoms with Crippen molar-refractivity contribution in [1.82, 2.24) is 14.7 Å². The zero-order valence-electron chi connectivity index (χ0n) is 11.8. The Labute approximate surface area is 132 Å². The molecule has 0 aliphatic heterocycles. The van der Waals surface area contributed by atoms with Crippen LogP contribution >= 0.6 is 24.8 Å². The van der Waals surface area contributed by atoms with Crippen LogP contribution in [0.15, 0.2) is 18.5 Å². The third-order valence-electron chi connectivity index (χ3n) is 3.66. The second-order valence-corrected chi connectivity index (χ2v) is 5.15. The van der Waals surface area contributed by atoms with Gasteiger partial charge in [-0.05, 0) is 25.3 Å². The van der Waals surface area contributed by atoms with E-state index in [0.29, 0.717) is 6.54 Å². The first-order valence-corrected chi connectivity index (χ1v) is 6.65. The first-order chi connectivity index (χ1) is 8.66. The number of amides is 1. The molecule has 2 atom stereocenters. The van der Waals surface area contributed by atoms with Crippen molar-refractivity contribution in [2.45, 2.75) is 38.3 Å². The maximum absolute atomic E-state index is 12.2. The van der Waals surface area contributed by atoms with Crippen molar-refractivity contribution in [3.63, 3.8) is 0 Å². The Morgan fingerprint density at radius 2 is 2.20 bits per heavy atom. The van der Waals surface area contributed by atoms with Crippen molar-refractivity contribution in [2.24, 2.45) is 11.7 Å². The molecule has 20 heavy (non-hydrogen) atoms. The minimum Gasteiger partial charge on any atom is -0.344 e. The van der Waals surface area contributed by atoms with Gasteiger partial charge in [-0.2, -0.15) is 5.10 Å². The van der Waals surface area contributed by atoms with Gasteiger partial charge in [0.25, 0.3) is 0 Å². The summed E-state index contributed by atoms with van der Waals surface area (Å²) in [5.74, 6) is 0.355. The van der Waals surface area contributed by atoms with Gasteiger partial charge in [0.15, 0.2) is 0 Å². The van der Waals surface area contributed by atoms with Crippen LogP contribution in [0.3, 0.4) is 0 Å². The molecule has 2 unspecified atom stereocenters. The fourth-order valence-corrected chi connectivity index (χ4v) is 2.56. The van der Waals surface area contributed by atoms with Crippen molar-refractivity contribution in [3.8, 4) is 0 Å². The van der Waals surface area contributed by atoms with Crippen LogP contribution in [-0.4, -0.2) is 40.2 Å². The highest BCUT2D eigenvalue weighted by molar-refractivity contribution is 5.85. The lowest BCUT2D eigenvalue weighted by Gasteiger charge is -2.29.